The molecule has 0 aromatic heterocycles. The fourth-order valence-corrected chi connectivity index (χ4v) is 3.85. The molecule has 3 N–H and O–H groups in total. The molecule has 26 heavy (non-hydrogen) atoms. The van der Waals surface area contributed by atoms with E-state index < -0.39 is 40.9 Å². The zero-order valence-electron chi connectivity index (χ0n) is 13.5. The highest BCUT2D eigenvalue weighted by Crippen LogP contribution is 2.45. The maximum atomic E-state index is 12.9. The monoisotopic (exact) mass is 372 g/mol. The minimum Gasteiger partial charge on any atom is -0.506 e. The molecule has 2 aromatic rings. The second kappa shape index (κ2) is 5.40. The van der Waals surface area contributed by atoms with Gasteiger partial charge in [0.05, 0.1) is 27.8 Å². The minimum atomic E-state index is -1.06. The van der Waals surface area contributed by atoms with Crippen molar-refractivity contribution in [3.05, 3.63) is 56.6 Å². The zero-order chi connectivity index (χ0) is 18.9. The molecule has 0 aliphatic heterocycles. The maximum absolute atomic E-state index is 12.9. The molecule has 0 bridgehead atoms. The maximum Gasteiger partial charge on any atom is 0.198 e. The number of Topliss-reactive ketones (excluding diaryl/α,β-unsaturated/α-hetero) is 1. The highest BCUT2D eigenvalue weighted by molar-refractivity contribution is 6.36. The van der Waals surface area contributed by atoms with E-state index in [-0.39, 0.29) is 44.8 Å². The van der Waals surface area contributed by atoms with Crippen molar-refractivity contribution in [3.8, 4) is 11.5 Å². The first-order chi connectivity index (χ1) is 12.2. The van der Waals surface area contributed by atoms with Crippen molar-refractivity contribution in [3.63, 3.8) is 0 Å². The van der Waals surface area contributed by atoms with Gasteiger partial charge in [-0.3, -0.25) is 14.4 Å². The molecule has 4 rings (SSSR count). The molecular formula is C19H13ClO6. The topological polar surface area (TPSA) is 112 Å². The lowest BCUT2D eigenvalue weighted by atomic mass is 9.75. The Morgan fingerprint density at radius 1 is 0.962 bits per heavy atom. The molecule has 0 saturated heterocycles. The van der Waals surface area contributed by atoms with Crippen molar-refractivity contribution in [1.82, 2.24) is 0 Å². The number of ketones is 3. The van der Waals surface area contributed by atoms with Gasteiger partial charge in [-0.15, -0.1) is 0 Å². The van der Waals surface area contributed by atoms with Crippen molar-refractivity contribution >= 4 is 29.0 Å². The second-order valence-corrected chi connectivity index (χ2v) is 7.05. The number of aromatic hydroxyl groups is 2. The van der Waals surface area contributed by atoms with Crippen LogP contribution in [0.2, 0.25) is 5.02 Å². The Morgan fingerprint density at radius 3 is 2.27 bits per heavy atom. The van der Waals surface area contributed by atoms with Crippen LogP contribution in [0.3, 0.4) is 0 Å². The third kappa shape index (κ3) is 2.00. The molecule has 7 heteroatoms. The number of halogens is 1. The Hall–Kier alpha value is -2.70. The Labute approximate surface area is 152 Å². The van der Waals surface area contributed by atoms with Crippen molar-refractivity contribution in [1.29, 1.82) is 0 Å². The molecule has 0 spiro atoms. The summed E-state index contributed by atoms with van der Waals surface area (Å²) >= 11 is 5.85. The predicted octanol–water partition coefficient (Wildman–Crippen LogP) is 2.78. The molecule has 2 atom stereocenters. The molecule has 0 amide bonds. The van der Waals surface area contributed by atoms with Gasteiger partial charge >= 0.3 is 0 Å². The van der Waals surface area contributed by atoms with Gasteiger partial charge in [-0.05, 0) is 29.7 Å². The Balaban J connectivity index is 2.06. The van der Waals surface area contributed by atoms with E-state index in [9.17, 15) is 29.7 Å². The van der Waals surface area contributed by atoms with Crippen LogP contribution in [0.5, 0.6) is 11.5 Å². The minimum absolute atomic E-state index is 0.0234. The second-order valence-electron chi connectivity index (χ2n) is 6.64. The molecule has 0 heterocycles. The van der Waals surface area contributed by atoms with Gasteiger partial charge in [0.2, 0.25) is 0 Å². The standard InChI is InChI=1S/C19H13ClO6/c1-6-4-11(21)12-8(15(6)22)5-9-14(19(12)26)16(23)7-2-3-10(20)18(25)13(7)17(9)24/h2-3,5-6,15,22,25-26H,4H2,1H3/t6-,15-/m0/s1. The summed E-state index contributed by atoms with van der Waals surface area (Å²) in [6, 6.07) is 3.82. The van der Waals surface area contributed by atoms with Crippen molar-refractivity contribution in [2.45, 2.75) is 19.4 Å². The Kier molecular flexibility index (Phi) is 3.48. The lowest BCUT2D eigenvalue weighted by Gasteiger charge is -2.29. The van der Waals surface area contributed by atoms with Gasteiger partial charge in [0.1, 0.15) is 11.5 Å². The molecule has 2 aliphatic rings. The van der Waals surface area contributed by atoms with Crippen LogP contribution in [-0.4, -0.2) is 32.7 Å². The van der Waals surface area contributed by atoms with Crippen LogP contribution < -0.4 is 0 Å². The fraction of sp³-hybridized carbons (Fsp3) is 0.211. The first-order valence-corrected chi connectivity index (χ1v) is 8.33. The Bertz CT molecular complexity index is 1040. The summed E-state index contributed by atoms with van der Waals surface area (Å²) in [7, 11) is 0. The molecule has 0 radical (unpaired) electrons. The molecule has 0 saturated carbocycles. The lowest BCUT2D eigenvalue weighted by Crippen LogP contribution is -2.28. The number of hydrogen-bond acceptors (Lipinski definition) is 6. The summed E-state index contributed by atoms with van der Waals surface area (Å²) in [4.78, 5) is 38.1. The highest BCUT2D eigenvalue weighted by atomic mass is 35.5. The number of phenols is 2. The number of aliphatic hydroxyl groups excluding tert-OH is 1. The van der Waals surface area contributed by atoms with E-state index in [1.165, 1.54) is 18.2 Å². The molecule has 132 valence electrons. The number of rotatable bonds is 0. The SMILES string of the molecule is C[C@H]1CC(=O)c2c(cc3c(c2O)C(=O)c2ccc(Cl)c(O)c2C3=O)[C@H]1O. The average Bonchev–Trinajstić information content (AvgIpc) is 2.59. The number of benzene rings is 2. The smallest absolute Gasteiger partial charge is 0.198 e. The first kappa shape index (κ1) is 16.8. The van der Waals surface area contributed by atoms with Gasteiger partial charge in [0.25, 0.3) is 0 Å². The van der Waals surface area contributed by atoms with Gasteiger partial charge in [0.15, 0.2) is 17.3 Å². The van der Waals surface area contributed by atoms with Crippen LogP contribution in [0, 0.1) is 5.92 Å². The van der Waals surface area contributed by atoms with E-state index in [0.717, 1.165) is 0 Å². The predicted molar refractivity (Wildman–Crippen MR) is 91.2 cm³/mol. The fourth-order valence-electron chi connectivity index (χ4n) is 3.69. The van der Waals surface area contributed by atoms with E-state index in [2.05, 4.69) is 0 Å². The third-order valence-electron chi connectivity index (χ3n) is 5.05. The number of carbonyl (C=O) groups excluding carboxylic acids is 3. The number of aliphatic hydroxyl groups is 1. The molecule has 0 unspecified atom stereocenters. The molecular weight excluding hydrogens is 360 g/mol. The highest BCUT2D eigenvalue weighted by Gasteiger charge is 2.41. The largest absolute Gasteiger partial charge is 0.506 e. The summed E-state index contributed by atoms with van der Waals surface area (Å²) in [6.07, 6.45) is -1.04. The number of phenolic OH excluding ortho intramolecular Hbond substituents is 2. The lowest BCUT2D eigenvalue weighted by molar-refractivity contribution is 0.0744. The molecule has 2 aromatic carbocycles. The van der Waals surface area contributed by atoms with Crippen LogP contribution >= 0.6 is 11.6 Å². The summed E-state index contributed by atoms with van der Waals surface area (Å²) < 4.78 is 0. The number of hydrogen-bond donors (Lipinski definition) is 3. The van der Waals surface area contributed by atoms with E-state index in [1.807, 2.05) is 0 Å². The zero-order valence-corrected chi connectivity index (χ0v) is 14.3. The normalized spacial score (nSPS) is 21.3. The number of fused-ring (bicyclic) bond motifs is 3. The van der Waals surface area contributed by atoms with Gasteiger partial charge in [-0.1, -0.05) is 18.5 Å². The summed E-state index contributed by atoms with van der Waals surface area (Å²) in [5, 5.41) is 31.0. The average molecular weight is 373 g/mol. The summed E-state index contributed by atoms with van der Waals surface area (Å²) in [5.41, 5.74) is -0.834. The third-order valence-corrected chi connectivity index (χ3v) is 5.35. The van der Waals surface area contributed by atoms with Gasteiger partial charge < -0.3 is 15.3 Å². The van der Waals surface area contributed by atoms with E-state index >= 15 is 0 Å². The first-order valence-electron chi connectivity index (χ1n) is 7.96. The molecule has 6 nitrogen and oxygen atoms in total. The van der Waals surface area contributed by atoms with Gasteiger partial charge in [-0.25, -0.2) is 0 Å². The van der Waals surface area contributed by atoms with E-state index in [1.54, 1.807) is 6.92 Å². The van der Waals surface area contributed by atoms with E-state index in [4.69, 9.17) is 11.6 Å². The van der Waals surface area contributed by atoms with Gasteiger partial charge in [-0.2, -0.15) is 0 Å². The van der Waals surface area contributed by atoms with Crippen LogP contribution in [0.15, 0.2) is 18.2 Å². The van der Waals surface area contributed by atoms with Crippen LogP contribution in [0.4, 0.5) is 0 Å². The van der Waals surface area contributed by atoms with Crippen LogP contribution in [0.25, 0.3) is 0 Å². The van der Waals surface area contributed by atoms with Crippen molar-refractivity contribution in [2.75, 3.05) is 0 Å². The summed E-state index contributed by atoms with van der Waals surface area (Å²) in [6.45, 7) is 1.68. The summed E-state index contributed by atoms with van der Waals surface area (Å²) in [5.74, 6) is -3.31. The number of carbonyl (C=O) groups is 3. The molecule has 2 aliphatic carbocycles. The molecule has 0 fully saturated rings. The van der Waals surface area contributed by atoms with Crippen LogP contribution in [-0.2, 0) is 0 Å². The van der Waals surface area contributed by atoms with Crippen molar-refractivity contribution in [2.24, 2.45) is 5.92 Å². The van der Waals surface area contributed by atoms with Crippen molar-refractivity contribution < 1.29 is 29.7 Å². The quantitative estimate of drug-likeness (QED) is 0.559. The van der Waals surface area contributed by atoms with E-state index in [0.29, 0.717) is 0 Å². The van der Waals surface area contributed by atoms with Gasteiger partial charge in [0, 0.05) is 17.5 Å². The Morgan fingerprint density at radius 2 is 1.58 bits per heavy atom. The van der Waals surface area contributed by atoms with Crippen LogP contribution in [0.1, 0.15) is 67.2 Å².